The highest BCUT2D eigenvalue weighted by atomic mass is 35.5. The Hall–Kier alpha value is -0.910. The van der Waals surface area contributed by atoms with E-state index in [1.807, 2.05) is 13.0 Å². The maximum Gasteiger partial charge on any atom is 0.0674 e. The van der Waals surface area contributed by atoms with Crippen LogP contribution in [0.1, 0.15) is 13.3 Å². The molecule has 4 heteroatoms. The van der Waals surface area contributed by atoms with Crippen molar-refractivity contribution >= 4 is 28.9 Å². The summed E-state index contributed by atoms with van der Waals surface area (Å²) >= 11 is 11.6. The van der Waals surface area contributed by atoms with E-state index in [0.717, 1.165) is 12.1 Å². The summed E-state index contributed by atoms with van der Waals surface area (Å²) < 4.78 is 0. The van der Waals surface area contributed by atoms with Crippen LogP contribution in [0.5, 0.6) is 0 Å². The Balaban J connectivity index is 2.59. The Morgan fingerprint density at radius 3 is 2.67 bits per heavy atom. The van der Waals surface area contributed by atoms with Crippen LogP contribution in [-0.4, -0.2) is 6.54 Å². The quantitative estimate of drug-likeness (QED) is 0.868. The molecule has 0 saturated heterocycles. The highest BCUT2D eigenvalue weighted by molar-refractivity contribution is 6.42. The molecule has 1 unspecified atom stereocenters. The summed E-state index contributed by atoms with van der Waals surface area (Å²) in [7, 11) is 0. The highest BCUT2D eigenvalue weighted by Crippen LogP contribution is 2.25. The third-order valence-corrected chi connectivity index (χ3v) is 2.89. The third-order valence-electron chi connectivity index (χ3n) is 2.15. The third kappa shape index (κ3) is 3.62. The molecule has 0 fully saturated rings. The van der Waals surface area contributed by atoms with Gasteiger partial charge in [0.1, 0.15) is 0 Å². The van der Waals surface area contributed by atoms with Crippen LogP contribution >= 0.6 is 23.2 Å². The molecule has 0 saturated carbocycles. The lowest BCUT2D eigenvalue weighted by Crippen LogP contribution is -2.11. The average Bonchev–Trinajstić information content (AvgIpc) is 2.24. The number of nitrogens with one attached hydrogen (secondary N) is 1. The molecule has 0 amide bonds. The molecule has 1 atom stereocenters. The molecule has 0 aliphatic rings. The number of rotatable bonds is 4. The Kier molecular flexibility index (Phi) is 4.74. The summed E-state index contributed by atoms with van der Waals surface area (Å²) in [6, 6.07) is 7.57. The van der Waals surface area contributed by atoms with Gasteiger partial charge in [0.15, 0.2) is 0 Å². The minimum atomic E-state index is 0.0273. The van der Waals surface area contributed by atoms with E-state index in [1.54, 1.807) is 12.1 Å². The molecule has 0 heterocycles. The van der Waals surface area contributed by atoms with Crippen molar-refractivity contribution in [1.29, 1.82) is 5.26 Å². The van der Waals surface area contributed by atoms with E-state index in [9.17, 15) is 0 Å². The molecule has 1 aromatic carbocycles. The molecule has 1 N–H and O–H groups in total. The minimum Gasteiger partial charge on any atom is -0.384 e. The van der Waals surface area contributed by atoms with Gasteiger partial charge in [-0.1, -0.05) is 30.1 Å². The zero-order chi connectivity index (χ0) is 11.3. The molecule has 0 spiro atoms. The molecule has 2 nitrogen and oxygen atoms in total. The number of halogens is 2. The number of nitriles is 1. The zero-order valence-electron chi connectivity index (χ0n) is 8.43. The van der Waals surface area contributed by atoms with Crippen molar-refractivity contribution < 1.29 is 0 Å². The summed E-state index contributed by atoms with van der Waals surface area (Å²) in [4.78, 5) is 0. The Bertz CT molecular complexity index is 371. The lowest BCUT2D eigenvalue weighted by atomic mass is 10.1. The average molecular weight is 243 g/mol. The van der Waals surface area contributed by atoms with Crippen LogP contribution < -0.4 is 5.32 Å². The number of hydrogen-bond acceptors (Lipinski definition) is 2. The van der Waals surface area contributed by atoms with Gasteiger partial charge in [0.25, 0.3) is 0 Å². The molecule has 0 aliphatic carbocycles. The van der Waals surface area contributed by atoms with E-state index >= 15 is 0 Å². The lowest BCUT2D eigenvalue weighted by molar-refractivity contribution is 0.674. The number of nitrogens with zero attached hydrogens (tertiary/aromatic N) is 1. The fraction of sp³-hybridized carbons (Fsp3) is 0.364. The molecule has 1 aromatic rings. The summed E-state index contributed by atoms with van der Waals surface area (Å²) in [5.74, 6) is 0.0273. The van der Waals surface area contributed by atoms with E-state index in [2.05, 4.69) is 11.4 Å². The predicted molar refractivity (Wildman–Crippen MR) is 64.3 cm³/mol. The van der Waals surface area contributed by atoms with E-state index < -0.39 is 0 Å². The van der Waals surface area contributed by atoms with Crippen LogP contribution in [0.25, 0.3) is 0 Å². The Labute approximate surface area is 99.8 Å². The standard InChI is InChI=1S/C11H12Cl2N2/c1-2-8(6-14)7-15-9-3-4-10(12)11(13)5-9/h3-5,8,15H,2,7H2,1H3. The van der Waals surface area contributed by atoms with Crippen molar-refractivity contribution in [1.82, 2.24) is 0 Å². The maximum atomic E-state index is 8.77. The van der Waals surface area contributed by atoms with Gasteiger partial charge >= 0.3 is 0 Å². The maximum absolute atomic E-state index is 8.77. The van der Waals surface area contributed by atoms with Crippen molar-refractivity contribution in [2.75, 3.05) is 11.9 Å². The van der Waals surface area contributed by atoms with Crippen LogP contribution in [0.4, 0.5) is 5.69 Å². The molecule has 80 valence electrons. The molecular weight excluding hydrogens is 231 g/mol. The van der Waals surface area contributed by atoms with Crippen LogP contribution in [0.3, 0.4) is 0 Å². The Morgan fingerprint density at radius 1 is 1.40 bits per heavy atom. The van der Waals surface area contributed by atoms with Crippen molar-refractivity contribution in [3.63, 3.8) is 0 Å². The van der Waals surface area contributed by atoms with Crippen molar-refractivity contribution in [3.8, 4) is 6.07 Å². The van der Waals surface area contributed by atoms with Crippen LogP contribution in [0.15, 0.2) is 18.2 Å². The second-order valence-corrected chi connectivity index (χ2v) is 4.06. The van der Waals surface area contributed by atoms with E-state index in [-0.39, 0.29) is 5.92 Å². The van der Waals surface area contributed by atoms with Crippen molar-refractivity contribution in [2.45, 2.75) is 13.3 Å². The van der Waals surface area contributed by atoms with E-state index in [4.69, 9.17) is 28.5 Å². The largest absolute Gasteiger partial charge is 0.384 e. The zero-order valence-corrected chi connectivity index (χ0v) is 9.94. The van der Waals surface area contributed by atoms with Crippen molar-refractivity contribution in [3.05, 3.63) is 28.2 Å². The molecule has 15 heavy (non-hydrogen) atoms. The molecular formula is C11H12Cl2N2. The first kappa shape index (κ1) is 12.2. The fourth-order valence-corrected chi connectivity index (χ4v) is 1.43. The summed E-state index contributed by atoms with van der Waals surface area (Å²) in [6.45, 7) is 2.62. The lowest BCUT2D eigenvalue weighted by Gasteiger charge is -2.09. The van der Waals surface area contributed by atoms with E-state index in [0.29, 0.717) is 16.6 Å². The first-order chi connectivity index (χ1) is 7.17. The van der Waals surface area contributed by atoms with Crippen LogP contribution in [-0.2, 0) is 0 Å². The van der Waals surface area contributed by atoms with Gasteiger partial charge in [-0.25, -0.2) is 0 Å². The second kappa shape index (κ2) is 5.85. The first-order valence-corrected chi connectivity index (χ1v) is 5.51. The van der Waals surface area contributed by atoms with Crippen LogP contribution in [0, 0.1) is 17.2 Å². The van der Waals surface area contributed by atoms with E-state index in [1.165, 1.54) is 0 Å². The van der Waals surface area contributed by atoms with Crippen molar-refractivity contribution in [2.24, 2.45) is 5.92 Å². The predicted octanol–water partition coefficient (Wildman–Crippen LogP) is 3.96. The van der Waals surface area contributed by atoms with Gasteiger partial charge in [0, 0.05) is 12.2 Å². The van der Waals surface area contributed by atoms with Gasteiger partial charge in [0.2, 0.25) is 0 Å². The summed E-state index contributed by atoms with van der Waals surface area (Å²) in [6.07, 6.45) is 0.838. The van der Waals surface area contributed by atoms with Gasteiger partial charge < -0.3 is 5.32 Å². The minimum absolute atomic E-state index is 0.0273. The molecule has 0 bridgehead atoms. The normalized spacial score (nSPS) is 11.9. The van der Waals surface area contributed by atoms with Gasteiger partial charge in [-0.2, -0.15) is 5.26 Å². The van der Waals surface area contributed by atoms with Crippen LogP contribution in [0.2, 0.25) is 10.0 Å². The molecule has 0 aliphatic heterocycles. The summed E-state index contributed by atoms with van der Waals surface area (Å²) in [5, 5.41) is 13.0. The number of hydrogen-bond donors (Lipinski definition) is 1. The van der Waals surface area contributed by atoms with Gasteiger partial charge in [0.05, 0.1) is 22.0 Å². The smallest absolute Gasteiger partial charge is 0.0674 e. The number of benzene rings is 1. The number of anilines is 1. The van der Waals surface area contributed by atoms with Gasteiger partial charge in [-0.3, -0.25) is 0 Å². The summed E-state index contributed by atoms with van der Waals surface area (Å²) in [5.41, 5.74) is 0.887. The molecule has 0 radical (unpaired) electrons. The van der Waals surface area contributed by atoms with Gasteiger partial charge in [-0.05, 0) is 24.6 Å². The molecule has 1 rings (SSSR count). The topological polar surface area (TPSA) is 35.8 Å². The van der Waals surface area contributed by atoms with Gasteiger partial charge in [-0.15, -0.1) is 0 Å². The monoisotopic (exact) mass is 242 g/mol. The molecule has 0 aromatic heterocycles. The SMILES string of the molecule is CCC(C#N)CNc1ccc(Cl)c(Cl)c1. The highest BCUT2D eigenvalue weighted by Gasteiger charge is 2.04. The second-order valence-electron chi connectivity index (χ2n) is 3.24. The Morgan fingerprint density at radius 2 is 2.13 bits per heavy atom. The fourth-order valence-electron chi connectivity index (χ4n) is 1.13. The first-order valence-electron chi connectivity index (χ1n) is 4.76.